The minimum atomic E-state index is -1.14. The summed E-state index contributed by atoms with van der Waals surface area (Å²) in [6, 6.07) is 6.28. The van der Waals surface area contributed by atoms with E-state index in [9.17, 15) is 4.79 Å². The highest BCUT2D eigenvalue weighted by Crippen LogP contribution is 2.32. The van der Waals surface area contributed by atoms with Gasteiger partial charge in [-0.2, -0.15) is 0 Å². The predicted molar refractivity (Wildman–Crippen MR) is 76.6 cm³/mol. The summed E-state index contributed by atoms with van der Waals surface area (Å²) in [6.45, 7) is 3.68. The zero-order chi connectivity index (χ0) is 14.9. The van der Waals surface area contributed by atoms with Gasteiger partial charge in [-0.15, -0.1) is 0 Å². The van der Waals surface area contributed by atoms with Gasteiger partial charge in [-0.1, -0.05) is 11.6 Å². The number of halogens is 1. The number of hydrogen-bond acceptors (Lipinski definition) is 4. The van der Waals surface area contributed by atoms with Crippen molar-refractivity contribution in [3.05, 3.63) is 46.1 Å². The van der Waals surface area contributed by atoms with E-state index in [-0.39, 0.29) is 17.3 Å². The lowest BCUT2D eigenvalue weighted by molar-refractivity contribution is 0.0689. The molecule has 0 amide bonds. The Balaban J connectivity index is 2.45. The number of carbonyl (C=O) groups is 1. The molecule has 0 spiro atoms. The van der Waals surface area contributed by atoms with Gasteiger partial charge in [0.1, 0.15) is 5.75 Å². The molecule has 1 aromatic heterocycles. The maximum Gasteiger partial charge on any atom is 0.354 e. The van der Waals surface area contributed by atoms with E-state index in [2.05, 4.69) is 4.98 Å². The third-order valence-corrected chi connectivity index (χ3v) is 2.95. The number of aromatic nitrogens is 1. The van der Waals surface area contributed by atoms with Crippen molar-refractivity contribution in [2.75, 3.05) is 5.73 Å². The van der Waals surface area contributed by atoms with Gasteiger partial charge in [0, 0.05) is 5.02 Å². The summed E-state index contributed by atoms with van der Waals surface area (Å²) in [5, 5.41) is 9.54. The van der Waals surface area contributed by atoms with Crippen LogP contribution in [0.3, 0.4) is 0 Å². The van der Waals surface area contributed by atoms with Crippen LogP contribution >= 0.6 is 11.6 Å². The van der Waals surface area contributed by atoms with Gasteiger partial charge in [0.15, 0.2) is 5.69 Å². The number of aromatic carboxylic acids is 1. The number of rotatable bonds is 3. The van der Waals surface area contributed by atoms with Gasteiger partial charge >= 0.3 is 5.97 Å². The first-order valence-corrected chi connectivity index (χ1v) is 6.20. The minimum Gasteiger partial charge on any atom is -0.477 e. The molecule has 0 saturated carbocycles. The molecule has 1 aromatic carbocycles. The number of carboxylic acid groups (broad SMARTS) is 1. The third-order valence-electron chi connectivity index (χ3n) is 2.73. The number of anilines is 1. The number of nitrogens with zero attached hydrogens (tertiary/aromatic N) is 1. The smallest absolute Gasteiger partial charge is 0.354 e. The van der Waals surface area contributed by atoms with Crippen molar-refractivity contribution in [2.24, 2.45) is 0 Å². The Kier molecular flexibility index (Phi) is 3.81. The Morgan fingerprint density at radius 1 is 1.30 bits per heavy atom. The van der Waals surface area contributed by atoms with Crippen LogP contribution in [0.25, 0.3) is 0 Å². The number of aryl methyl sites for hydroxylation is 2. The molecule has 0 atom stereocenters. The summed E-state index contributed by atoms with van der Waals surface area (Å²) in [6.07, 6.45) is 0. The van der Waals surface area contributed by atoms with Crippen LogP contribution < -0.4 is 10.5 Å². The largest absolute Gasteiger partial charge is 0.477 e. The van der Waals surface area contributed by atoms with Crippen LogP contribution in [0, 0.1) is 13.8 Å². The number of ether oxygens (including phenoxy) is 1. The molecule has 0 unspecified atom stereocenters. The van der Waals surface area contributed by atoms with Crippen molar-refractivity contribution in [1.29, 1.82) is 0 Å². The number of pyridine rings is 1. The van der Waals surface area contributed by atoms with Crippen LogP contribution in [-0.2, 0) is 0 Å². The monoisotopic (exact) mass is 292 g/mol. The first-order valence-electron chi connectivity index (χ1n) is 5.83. The average Bonchev–Trinajstić information content (AvgIpc) is 2.35. The molecule has 2 rings (SSSR count). The van der Waals surface area contributed by atoms with Gasteiger partial charge in [0.05, 0.1) is 5.69 Å². The predicted octanol–water partition coefficient (Wildman–Crippen LogP) is 3.42. The zero-order valence-electron chi connectivity index (χ0n) is 11.0. The van der Waals surface area contributed by atoms with Crippen molar-refractivity contribution in [1.82, 2.24) is 4.98 Å². The van der Waals surface area contributed by atoms with Crippen LogP contribution in [0.1, 0.15) is 21.6 Å². The molecule has 1 heterocycles. The summed E-state index contributed by atoms with van der Waals surface area (Å²) < 4.78 is 5.66. The van der Waals surface area contributed by atoms with Crippen molar-refractivity contribution in [3.63, 3.8) is 0 Å². The lowest BCUT2D eigenvalue weighted by Gasteiger charge is -2.13. The van der Waals surface area contributed by atoms with Crippen molar-refractivity contribution >= 4 is 23.3 Å². The van der Waals surface area contributed by atoms with E-state index in [1.165, 1.54) is 12.1 Å². The van der Waals surface area contributed by atoms with E-state index in [4.69, 9.17) is 27.2 Å². The van der Waals surface area contributed by atoms with E-state index in [0.717, 1.165) is 11.1 Å². The van der Waals surface area contributed by atoms with Crippen molar-refractivity contribution < 1.29 is 14.6 Å². The first-order chi connectivity index (χ1) is 9.38. The Bertz CT molecular complexity index is 663. The molecule has 0 radical (unpaired) electrons. The molecular weight excluding hydrogens is 280 g/mol. The average molecular weight is 293 g/mol. The lowest BCUT2D eigenvalue weighted by atomic mass is 10.1. The van der Waals surface area contributed by atoms with Gasteiger partial charge in [0.2, 0.25) is 5.88 Å². The van der Waals surface area contributed by atoms with Crippen LogP contribution in [0.2, 0.25) is 5.02 Å². The van der Waals surface area contributed by atoms with Gasteiger partial charge in [-0.3, -0.25) is 0 Å². The molecule has 5 nitrogen and oxygen atoms in total. The number of nitrogen functional groups attached to an aromatic ring is 1. The summed E-state index contributed by atoms with van der Waals surface area (Å²) in [7, 11) is 0. The Hall–Kier alpha value is -2.27. The molecule has 104 valence electrons. The molecule has 20 heavy (non-hydrogen) atoms. The molecule has 0 bridgehead atoms. The summed E-state index contributed by atoms with van der Waals surface area (Å²) >= 11 is 5.95. The van der Waals surface area contributed by atoms with Gasteiger partial charge in [0.25, 0.3) is 0 Å². The van der Waals surface area contributed by atoms with Crippen molar-refractivity contribution in [2.45, 2.75) is 13.8 Å². The van der Waals surface area contributed by atoms with Gasteiger partial charge < -0.3 is 15.6 Å². The Morgan fingerprint density at radius 3 is 2.45 bits per heavy atom. The summed E-state index contributed by atoms with van der Waals surface area (Å²) in [5.74, 6) is -0.506. The van der Waals surface area contributed by atoms with E-state index in [1.54, 1.807) is 12.1 Å². The van der Waals surface area contributed by atoms with Gasteiger partial charge in [-0.25, -0.2) is 9.78 Å². The van der Waals surface area contributed by atoms with E-state index in [1.807, 2.05) is 13.8 Å². The maximum atomic E-state index is 10.9. The van der Waals surface area contributed by atoms with E-state index in [0.29, 0.717) is 10.8 Å². The fourth-order valence-corrected chi connectivity index (χ4v) is 2.13. The van der Waals surface area contributed by atoms with Crippen LogP contribution in [0.4, 0.5) is 5.69 Å². The Morgan fingerprint density at radius 2 is 1.90 bits per heavy atom. The topological polar surface area (TPSA) is 85.4 Å². The fraction of sp³-hybridized carbons (Fsp3) is 0.143. The second-order valence-corrected chi connectivity index (χ2v) is 4.80. The SMILES string of the molecule is Cc1cc(Cl)cc(C)c1Oc1nc(C(=O)O)ccc1N. The lowest BCUT2D eigenvalue weighted by Crippen LogP contribution is -2.04. The quantitative estimate of drug-likeness (QED) is 0.905. The second kappa shape index (κ2) is 5.38. The molecule has 0 aliphatic heterocycles. The van der Waals surface area contributed by atoms with Crippen molar-refractivity contribution in [3.8, 4) is 11.6 Å². The standard InChI is InChI=1S/C14H13ClN2O3/c1-7-5-9(15)6-8(2)12(7)20-13-10(16)3-4-11(17-13)14(18)19/h3-6H,16H2,1-2H3,(H,18,19). The van der Waals surface area contributed by atoms with Gasteiger partial charge in [-0.05, 0) is 49.2 Å². The zero-order valence-corrected chi connectivity index (χ0v) is 11.7. The number of nitrogens with two attached hydrogens (primary N) is 1. The van der Waals surface area contributed by atoms with E-state index < -0.39 is 5.97 Å². The first kappa shape index (κ1) is 14.1. The van der Waals surface area contributed by atoms with Crippen LogP contribution in [0.5, 0.6) is 11.6 Å². The molecule has 0 aliphatic rings. The molecule has 0 fully saturated rings. The molecule has 0 aliphatic carbocycles. The highest BCUT2D eigenvalue weighted by atomic mass is 35.5. The van der Waals surface area contributed by atoms with Crippen LogP contribution in [0.15, 0.2) is 24.3 Å². The summed E-state index contributed by atoms with van der Waals surface area (Å²) in [4.78, 5) is 14.8. The highest BCUT2D eigenvalue weighted by molar-refractivity contribution is 6.30. The number of carboxylic acids is 1. The molecule has 2 aromatic rings. The molecular formula is C14H13ClN2O3. The van der Waals surface area contributed by atoms with E-state index >= 15 is 0 Å². The highest BCUT2D eigenvalue weighted by Gasteiger charge is 2.13. The molecule has 3 N–H and O–H groups in total. The molecule has 6 heteroatoms. The second-order valence-electron chi connectivity index (χ2n) is 4.37. The Labute approximate surface area is 121 Å². The third kappa shape index (κ3) is 2.83. The summed E-state index contributed by atoms with van der Waals surface area (Å²) in [5.41, 5.74) is 7.54. The molecule has 0 saturated heterocycles. The number of hydrogen-bond donors (Lipinski definition) is 2. The minimum absolute atomic E-state index is 0.0680. The normalized spacial score (nSPS) is 10.3. The maximum absolute atomic E-state index is 10.9. The number of benzene rings is 1. The van der Waals surface area contributed by atoms with Crippen LogP contribution in [-0.4, -0.2) is 16.1 Å². The fourth-order valence-electron chi connectivity index (χ4n) is 1.81.